The summed E-state index contributed by atoms with van der Waals surface area (Å²) in [6.07, 6.45) is 8.51. The highest BCUT2D eigenvalue weighted by molar-refractivity contribution is 5.52. The summed E-state index contributed by atoms with van der Waals surface area (Å²) in [7, 11) is 0. The SMILES string of the molecule is C1=CN2CN1CCNCCN1C=CN(C1)c1cccc2n1. The van der Waals surface area contributed by atoms with Gasteiger partial charge in [-0.1, -0.05) is 6.07 Å². The van der Waals surface area contributed by atoms with Gasteiger partial charge in [0.1, 0.15) is 11.6 Å². The topological polar surface area (TPSA) is 37.9 Å². The predicted molar refractivity (Wildman–Crippen MR) is 83.5 cm³/mol. The van der Waals surface area contributed by atoms with Crippen molar-refractivity contribution in [3.05, 3.63) is 43.0 Å². The van der Waals surface area contributed by atoms with Crippen molar-refractivity contribution >= 4 is 11.6 Å². The fourth-order valence-corrected chi connectivity index (χ4v) is 2.82. The Bertz CT molecular complexity index is 524. The van der Waals surface area contributed by atoms with Crippen LogP contribution in [0.25, 0.3) is 0 Å². The molecule has 1 aromatic rings. The molecule has 1 N–H and O–H groups in total. The molecule has 6 heteroatoms. The molecular formula is C15H20N6. The molecule has 1 aromatic heterocycles. The van der Waals surface area contributed by atoms with Gasteiger partial charge in [0.05, 0.1) is 13.3 Å². The number of fused-ring (bicyclic) bond motifs is 8. The lowest BCUT2D eigenvalue weighted by Gasteiger charge is -2.25. The van der Waals surface area contributed by atoms with E-state index in [4.69, 9.17) is 4.98 Å². The summed E-state index contributed by atoms with van der Waals surface area (Å²) >= 11 is 0. The number of nitrogens with one attached hydrogen (secondary N) is 1. The van der Waals surface area contributed by atoms with Gasteiger partial charge in [0.25, 0.3) is 0 Å². The lowest BCUT2D eigenvalue weighted by atomic mass is 10.4. The molecule has 6 bridgehead atoms. The molecule has 110 valence electrons. The Kier molecular flexibility index (Phi) is 3.16. The van der Waals surface area contributed by atoms with Crippen LogP contribution < -0.4 is 15.1 Å². The van der Waals surface area contributed by atoms with Gasteiger partial charge in [-0.2, -0.15) is 0 Å². The molecular weight excluding hydrogens is 264 g/mol. The Morgan fingerprint density at radius 1 is 0.810 bits per heavy atom. The van der Waals surface area contributed by atoms with Crippen LogP contribution in [0.1, 0.15) is 0 Å². The lowest BCUT2D eigenvalue weighted by Crippen LogP contribution is -2.36. The molecule has 3 aliphatic rings. The molecule has 21 heavy (non-hydrogen) atoms. The van der Waals surface area contributed by atoms with E-state index in [1.54, 1.807) is 0 Å². The van der Waals surface area contributed by atoms with Crippen molar-refractivity contribution in [2.75, 3.05) is 49.3 Å². The van der Waals surface area contributed by atoms with E-state index in [0.29, 0.717) is 0 Å². The Balaban J connectivity index is 1.62. The number of anilines is 2. The Hall–Kier alpha value is -2.21. The Labute approximate surface area is 124 Å². The predicted octanol–water partition coefficient (Wildman–Crippen LogP) is 0.786. The van der Waals surface area contributed by atoms with Gasteiger partial charge in [-0.3, -0.25) is 0 Å². The normalized spacial score (nSPS) is 21.1. The first kappa shape index (κ1) is 12.5. The summed E-state index contributed by atoms with van der Waals surface area (Å²) in [6.45, 7) is 5.81. The molecule has 0 atom stereocenters. The van der Waals surface area contributed by atoms with Crippen LogP contribution in [0, 0.1) is 0 Å². The van der Waals surface area contributed by atoms with E-state index in [1.807, 2.05) is 0 Å². The van der Waals surface area contributed by atoms with Crippen molar-refractivity contribution in [1.82, 2.24) is 20.1 Å². The van der Waals surface area contributed by atoms with Crippen molar-refractivity contribution in [2.24, 2.45) is 0 Å². The van der Waals surface area contributed by atoms with Crippen molar-refractivity contribution in [3.63, 3.8) is 0 Å². The van der Waals surface area contributed by atoms with Crippen LogP contribution in [0.3, 0.4) is 0 Å². The van der Waals surface area contributed by atoms with Crippen LogP contribution in [-0.2, 0) is 0 Å². The molecule has 0 aromatic carbocycles. The molecule has 0 spiro atoms. The summed E-state index contributed by atoms with van der Waals surface area (Å²) in [4.78, 5) is 13.8. The molecule has 0 fully saturated rings. The first-order valence-electron chi connectivity index (χ1n) is 7.44. The molecule has 0 saturated carbocycles. The smallest absolute Gasteiger partial charge is 0.136 e. The van der Waals surface area contributed by atoms with Crippen molar-refractivity contribution in [2.45, 2.75) is 0 Å². The number of rotatable bonds is 0. The quantitative estimate of drug-likeness (QED) is 0.759. The van der Waals surface area contributed by atoms with Crippen LogP contribution in [0.2, 0.25) is 0 Å². The molecule has 0 amide bonds. The third-order valence-corrected chi connectivity index (χ3v) is 4.04. The van der Waals surface area contributed by atoms with Crippen LogP contribution in [0.5, 0.6) is 0 Å². The van der Waals surface area contributed by atoms with Crippen LogP contribution >= 0.6 is 0 Å². The van der Waals surface area contributed by atoms with Crippen molar-refractivity contribution in [1.29, 1.82) is 0 Å². The van der Waals surface area contributed by atoms with E-state index in [9.17, 15) is 0 Å². The maximum Gasteiger partial charge on any atom is 0.136 e. The van der Waals surface area contributed by atoms with E-state index in [2.05, 4.69) is 67.9 Å². The molecule has 6 nitrogen and oxygen atoms in total. The van der Waals surface area contributed by atoms with E-state index in [1.165, 1.54) is 0 Å². The van der Waals surface area contributed by atoms with Gasteiger partial charge >= 0.3 is 0 Å². The molecule has 4 rings (SSSR count). The number of hydrogen-bond acceptors (Lipinski definition) is 6. The summed E-state index contributed by atoms with van der Waals surface area (Å²) in [5, 5.41) is 3.51. The zero-order valence-corrected chi connectivity index (χ0v) is 12.0. The minimum atomic E-state index is 0.875. The molecule has 4 heterocycles. The second-order valence-electron chi connectivity index (χ2n) is 5.55. The van der Waals surface area contributed by atoms with E-state index in [-0.39, 0.29) is 0 Å². The van der Waals surface area contributed by atoms with Crippen LogP contribution in [0.15, 0.2) is 43.0 Å². The number of pyridine rings is 1. The van der Waals surface area contributed by atoms with Crippen molar-refractivity contribution in [3.8, 4) is 0 Å². The number of hydrogen-bond donors (Lipinski definition) is 1. The van der Waals surface area contributed by atoms with Gasteiger partial charge < -0.3 is 24.9 Å². The highest BCUT2D eigenvalue weighted by Gasteiger charge is 2.19. The monoisotopic (exact) mass is 284 g/mol. The molecule has 0 saturated heterocycles. The second-order valence-corrected chi connectivity index (χ2v) is 5.55. The maximum atomic E-state index is 4.80. The molecule has 0 unspecified atom stereocenters. The van der Waals surface area contributed by atoms with Gasteiger partial charge in [-0.25, -0.2) is 4.98 Å². The van der Waals surface area contributed by atoms with Gasteiger partial charge in [0.15, 0.2) is 0 Å². The standard InChI is InChI=1S/C15H20N6/c1-2-14-17-15(3-1)21-11-9-19(13-21)7-5-16-4-6-18-8-10-20(14)12-18/h1-3,8-11,16H,4-7,12-13H2. The second kappa shape index (κ2) is 5.29. The zero-order valence-electron chi connectivity index (χ0n) is 12.0. The third-order valence-electron chi connectivity index (χ3n) is 4.04. The van der Waals surface area contributed by atoms with E-state index < -0.39 is 0 Å². The average Bonchev–Trinajstić information content (AvgIpc) is 3.15. The average molecular weight is 284 g/mol. The van der Waals surface area contributed by atoms with Crippen LogP contribution in [-0.4, -0.2) is 54.3 Å². The Morgan fingerprint density at radius 3 is 1.95 bits per heavy atom. The Morgan fingerprint density at radius 2 is 1.38 bits per heavy atom. The maximum absolute atomic E-state index is 4.80. The fourth-order valence-electron chi connectivity index (χ4n) is 2.82. The van der Waals surface area contributed by atoms with Gasteiger partial charge in [0.2, 0.25) is 0 Å². The minimum Gasteiger partial charge on any atom is -0.357 e. The highest BCUT2D eigenvalue weighted by Crippen LogP contribution is 2.23. The first-order valence-corrected chi connectivity index (χ1v) is 7.44. The van der Waals surface area contributed by atoms with Crippen LogP contribution in [0.4, 0.5) is 11.6 Å². The third kappa shape index (κ3) is 2.54. The first-order chi connectivity index (χ1) is 10.4. The fraction of sp³-hybridized carbons (Fsp3) is 0.400. The summed E-state index contributed by atoms with van der Waals surface area (Å²) in [5.74, 6) is 2.01. The van der Waals surface area contributed by atoms with E-state index in [0.717, 1.165) is 51.2 Å². The highest BCUT2D eigenvalue weighted by atomic mass is 15.4. The summed E-state index contributed by atoms with van der Waals surface area (Å²) < 4.78 is 0. The van der Waals surface area contributed by atoms with E-state index >= 15 is 0 Å². The van der Waals surface area contributed by atoms with Gasteiger partial charge in [-0.15, -0.1) is 0 Å². The molecule has 0 aliphatic carbocycles. The number of nitrogens with zero attached hydrogens (tertiary/aromatic N) is 5. The largest absolute Gasteiger partial charge is 0.357 e. The van der Waals surface area contributed by atoms with Gasteiger partial charge in [0, 0.05) is 51.0 Å². The lowest BCUT2D eigenvalue weighted by molar-refractivity contribution is 0.371. The zero-order chi connectivity index (χ0) is 14.1. The molecule has 3 aliphatic heterocycles. The van der Waals surface area contributed by atoms with Gasteiger partial charge in [-0.05, 0) is 12.1 Å². The van der Waals surface area contributed by atoms with Crippen molar-refractivity contribution < 1.29 is 0 Å². The molecule has 0 radical (unpaired) electrons. The summed E-state index contributed by atoms with van der Waals surface area (Å²) in [5.41, 5.74) is 0. The number of aromatic nitrogens is 1. The minimum absolute atomic E-state index is 0.875. The summed E-state index contributed by atoms with van der Waals surface area (Å²) in [6, 6.07) is 6.22.